The first-order valence-corrected chi connectivity index (χ1v) is 9.40. The summed E-state index contributed by atoms with van der Waals surface area (Å²) in [4.78, 5) is 25.3. The predicted molar refractivity (Wildman–Crippen MR) is 112 cm³/mol. The van der Waals surface area contributed by atoms with Gasteiger partial charge in [0.2, 0.25) is 0 Å². The normalized spacial score (nSPS) is 12.4. The Morgan fingerprint density at radius 1 is 0.897 bits per heavy atom. The lowest BCUT2D eigenvalue weighted by atomic mass is 9.94. The fourth-order valence-corrected chi connectivity index (χ4v) is 3.75. The molecule has 1 amide bonds. The molecule has 0 spiro atoms. The van der Waals surface area contributed by atoms with Crippen LogP contribution in [0.4, 0.5) is 5.69 Å². The summed E-state index contributed by atoms with van der Waals surface area (Å²) in [5.74, 6) is 1.21. The van der Waals surface area contributed by atoms with Gasteiger partial charge in [0.15, 0.2) is 5.78 Å². The molecular weight excluding hydrogens is 366 g/mol. The second-order valence-electron chi connectivity index (χ2n) is 6.82. The van der Waals surface area contributed by atoms with Gasteiger partial charge in [0.05, 0.1) is 19.9 Å². The number of hydrogen-bond acceptors (Lipinski definition) is 4. The SMILES string of the molecule is COc1ccc(OC)c(-c2ccc(NC(=O)c3ccccc3)c3c2CCC3=O)c1. The van der Waals surface area contributed by atoms with Gasteiger partial charge >= 0.3 is 0 Å². The second kappa shape index (κ2) is 7.80. The molecule has 0 saturated carbocycles. The van der Waals surface area contributed by atoms with Gasteiger partial charge in [0, 0.05) is 23.1 Å². The van der Waals surface area contributed by atoms with Crippen molar-refractivity contribution in [1.29, 1.82) is 0 Å². The van der Waals surface area contributed by atoms with Gasteiger partial charge in [-0.05, 0) is 53.9 Å². The number of Topliss-reactive ketones (excluding diaryl/α,β-unsaturated/α-hetero) is 1. The largest absolute Gasteiger partial charge is 0.497 e. The smallest absolute Gasteiger partial charge is 0.255 e. The fraction of sp³-hybridized carbons (Fsp3) is 0.167. The van der Waals surface area contributed by atoms with E-state index in [1.807, 2.05) is 42.5 Å². The minimum Gasteiger partial charge on any atom is -0.497 e. The number of ether oxygens (including phenoxy) is 2. The number of ketones is 1. The number of amides is 1. The third-order valence-electron chi connectivity index (χ3n) is 5.17. The van der Waals surface area contributed by atoms with Gasteiger partial charge in [0.25, 0.3) is 5.91 Å². The molecule has 0 atom stereocenters. The maximum Gasteiger partial charge on any atom is 0.255 e. The molecule has 0 unspecified atom stereocenters. The number of hydrogen-bond donors (Lipinski definition) is 1. The van der Waals surface area contributed by atoms with Gasteiger partial charge in [-0.2, -0.15) is 0 Å². The van der Waals surface area contributed by atoms with Crippen LogP contribution in [0.15, 0.2) is 60.7 Å². The number of carbonyl (C=O) groups is 2. The van der Waals surface area contributed by atoms with Gasteiger partial charge in [-0.3, -0.25) is 9.59 Å². The Hall–Kier alpha value is -3.60. The van der Waals surface area contributed by atoms with E-state index in [-0.39, 0.29) is 11.7 Å². The average molecular weight is 387 g/mol. The predicted octanol–water partition coefficient (Wildman–Crippen LogP) is 4.75. The summed E-state index contributed by atoms with van der Waals surface area (Å²) in [6.07, 6.45) is 1.05. The highest BCUT2D eigenvalue weighted by atomic mass is 16.5. The van der Waals surface area contributed by atoms with E-state index in [1.165, 1.54) is 0 Å². The van der Waals surface area contributed by atoms with Crippen molar-refractivity contribution in [2.45, 2.75) is 12.8 Å². The van der Waals surface area contributed by atoms with Crippen LogP contribution in [-0.2, 0) is 6.42 Å². The molecule has 0 aromatic heterocycles. The second-order valence-corrected chi connectivity index (χ2v) is 6.82. The van der Waals surface area contributed by atoms with Crippen molar-refractivity contribution < 1.29 is 19.1 Å². The molecule has 3 aromatic rings. The van der Waals surface area contributed by atoms with Crippen molar-refractivity contribution in [3.05, 3.63) is 77.4 Å². The van der Waals surface area contributed by atoms with Crippen LogP contribution in [0.5, 0.6) is 11.5 Å². The molecule has 0 radical (unpaired) electrons. The molecule has 29 heavy (non-hydrogen) atoms. The molecule has 1 aliphatic carbocycles. The minimum atomic E-state index is -0.237. The first kappa shape index (κ1) is 18.7. The van der Waals surface area contributed by atoms with Crippen LogP contribution in [0, 0.1) is 0 Å². The molecule has 146 valence electrons. The molecule has 0 heterocycles. The minimum absolute atomic E-state index is 0.0343. The lowest BCUT2D eigenvalue weighted by Crippen LogP contribution is -2.14. The number of methoxy groups -OCH3 is 2. The number of nitrogens with one attached hydrogen (secondary N) is 1. The number of anilines is 1. The van der Waals surface area contributed by atoms with Crippen molar-refractivity contribution in [2.75, 3.05) is 19.5 Å². The van der Waals surface area contributed by atoms with E-state index in [4.69, 9.17) is 9.47 Å². The van der Waals surface area contributed by atoms with Crippen LogP contribution in [-0.4, -0.2) is 25.9 Å². The average Bonchev–Trinajstić information content (AvgIpc) is 3.16. The molecule has 1 aliphatic rings. The number of benzene rings is 3. The highest BCUT2D eigenvalue weighted by molar-refractivity contribution is 6.12. The Bertz CT molecular complexity index is 1090. The lowest BCUT2D eigenvalue weighted by Gasteiger charge is -2.16. The van der Waals surface area contributed by atoms with E-state index in [0.29, 0.717) is 41.2 Å². The Balaban J connectivity index is 1.79. The van der Waals surface area contributed by atoms with E-state index in [9.17, 15) is 9.59 Å². The van der Waals surface area contributed by atoms with Crippen LogP contribution in [0.3, 0.4) is 0 Å². The molecule has 0 aliphatic heterocycles. The summed E-state index contributed by atoms with van der Waals surface area (Å²) >= 11 is 0. The zero-order valence-electron chi connectivity index (χ0n) is 16.3. The van der Waals surface area contributed by atoms with E-state index >= 15 is 0 Å². The highest BCUT2D eigenvalue weighted by Gasteiger charge is 2.28. The van der Waals surface area contributed by atoms with Crippen molar-refractivity contribution >= 4 is 17.4 Å². The summed E-state index contributed by atoms with van der Waals surface area (Å²) < 4.78 is 10.9. The van der Waals surface area contributed by atoms with E-state index in [0.717, 1.165) is 16.7 Å². The number of rotatable bonds is 5. The Morgan fingerprint density at radius 2 is 1.69 bits per heavy atom. The molecule has 5 heteroatoms. The maximum atomic E-state index is 12.7. The van der Waals surface area contributed by atoms with Crippen LogP contribution >= 0.6 is 0 Å². The van der Waals surface area contributed by atoms with Crippen LogP contribution in [0.25, 0.3) is 11.1 Å². The van der Waals surface area contributed by atoms with E-state index in [1.54, 1.807) is 32.4 Å². The first-order valence-electron chi connectivity index (χ1n) is 9.40. The third kappa shape index (κ3) is 3.47. The summed E-state index contributed by atoms with van der Waals surface area (Å²) in [6, 6.07) is 18.3. The topological polar surface area (TPSA) is 64.6 Å². The number of carbonyl (C=O) groups excluding carboxylic acids is 2. The monoisotopic (exact) mass is 387 g/mol. The van der Waals surface area contributed by atoms with Gasteiger partial charge in [-0.1, -0.05) is 24.3 Å². The molecule has 3 aromatic carbocycles. The van der Waals surface area contributed by atoms with Crippen LogP contribution < -0.4 is 14.8 Å². The van der Waals surface area contributed by atoms with Gasteiger partial charge in [0.1, 0.15) is 11.5 Å². The van der Waals surface area contributed by atoms with Gasteiger partial charge in [-0.25, -0.2) is 0 Å². The molecule has 4 rings (SSSR count). The van der Waals surface area contributed by atoms with E-state index in [2.05, 4.69) is 5.32 Å². The fourth-order valence-electron chi connectivity index (χ4n) is 3.75. The summed E-state index contributed by atoms with van der Waals surface area (Å²) in [5.41, 5.74) is 4.37. The third-order valence-corrected chi connectivity index (χ3v) is 5.17. The highest BCUT2D eigenvalue weighted by Crippen LogP contribution is 2.41. The lowest BCUT2D eigenvalue weighted by molar-refractivity contribution is 0.0995. The van der Waals surface area contributed by atoms with Crippen molar-refractivity contribution in [3.63, 3.8) is 0 Å². The van der Waals surface area contributed by atoms with Crippen LogP contribution in [0.2, 0.25) is 0 Å². The Morgan fingerprint density at radius 3 is 2.41 bits per heavy atom. The molecule has 0 bridgehead atoms. The molecule has 1 N–H and O–H groups in total. The zero-order valence-corrected chi connectivity index (χ0v) is 16.3. The van der Waals surface area contributed by atoms with E-state index < -0.39 is 0 Å². The molecule has 0 saturated heterocycles. The van der Waals surface area contributed by atoms with Crippen molar-refractivity contribution in [3.8, 4) is 22.6 Å². The van der Waals surface area contributed by atoms with Crippen molar-refractivity contribution in [1.82, 2.24) is 0 Å². The van der Waals surface area contributed by atoms with Crippen molar-refractivity contribution in [2.24, 2.45) is 0 Å². The van der Waals surface area contributed by atoms with Gasteiger partial charge in [-0.15, -0.1) is 0 Å². The summed E-state index contributed by atoms with van der Waals surface area (Å²) in [7, 11) is 3.23. The maximum absolute atomic E-state index is 12.7. The van der Waals surface area contributed by atoms with Crippen LogP contribution in [0.1, 0.15) is 32.7 Å². The standard InChI is InChI=1S/C24H21NO4/c1-28-16-8-13-22(29-2)19(14-16)17-9-11-20(23-18(17)10-12-21(23)26)25-24(27)15-6-4-3-5-7-15/h3-9,11,13-14H,10,12H2,1-2H3,(H,25,27). The molecule has 0 fully saturated rings. The first-order chi connectivity index (χ1) is 14.1. The zero-order chi connectivity index (χ0) is 20.4. The molecular formula is C24H21NO4. The van der Waals surface area contributed by atoms with Gasteiger partial charge < -0.3 is 14.8 Å². The summed E-state index contributed by atoms with van der Waals surface area (Å²) in [5, 5.41) is 2.90. The Labute approximate surface area is 169 Å². The quantitative estimate of drug-likeness (QED) is 0.686. The molecule has 5 nitrogen and oxygen atoms in total. The number of fused-ring (bicyclic) bond motifs is 1. The summed E-state index contributed by atoms with van der Waals surface area (Å²) in [6.45, 7) is 0. The Kier molecular flexibility index (Phi) is 5.04.